The van der Waals surface area contributed by atoms with E-state index in [-0.39, 0.29) is 5.91 Å². The summed E-state index contributed by atoms with van der Waals surface area (Å²) in [7, 11) is 2.14. The third kappa shape index (κ3) is 4.87. The van der Waals surface area contributed by atoms with Crippen LogP contribution in [-0.4, -0.2) is 35.0 Å². The summed E-state index contributed by atoms with van der Waals surface area (Å²) in [6, 6.07) is 6.56. The quantitative estimate of drug-likeness (QED) is 0.551. The first-order valence-electron chi connectivity index (χ1n) is 10.2. The molecule has 28 heavy (non-hydrogen) atoms. The standard InChI is InChI=1S/C21H28N4O2S/c1-14-12-19(25(2)16-6-4-3-5-7-16)24-21(22-14)28-13-17-10-11-18(27-17)20(26)23-15-8-9-15/h10-12,15-16H,3-9,13H2,1-2H3,(H,23,26). The van der Waals surface area contributed by atoms with Crippen molar-refractivity contribution in [2.75, 3.05) is 11.9 Å². The molecule has 7 heteroatoms. The number of hydrogen-bond donors (Lipinski definition) is 1. The molecule has 0 spiro atoms. The van der Waals surface area contributed by atoms with Crippen LogP contribution in [-0.2, 0) is 5.75 Å². The van der Waals surface area contributed by atoms with Crippen LogP contribution in [0, 0.1) is 6.92 Å². The fraction of sp³-hybridized carbons (Fsp3) is 0.571. The van der Waals surface area contributed by atoms with Crippen molar-refractivity contribution in [2.45, 2.75) is 74.9 Å². The predicted octanol–water partition coefficient (Wildman–Crippen LogP) is 4.33. The molecule has 2 saturated carbocycles. The van der Waals surface area contributed by atoms with E-state index in [1.54, 1.807) is 17.8 Å². The highest BCUT2D eigenvalue weighted by atomic mass is 32.2. The molecule has 2 aliphatic rings. The van der Waals surface area contributed by atoms with E-state index in [1.165, 1.54) is 32.1 Å². The Hall–Kier alpha value is -2.02. The van der Waals surface area contributed by atoms with E-state index in [4.69, 9.17) is 9.40 Å². The maximum atomic E-state index is 12.1. The van der Waals surface area contributed by atoms with Crippen LogP contribution in [0.2, 0.25) is 0 Å². The number of amides is 1. The first-order chi connectivity index (χ1) is 13.6. The zero-order chi connectivity index (χ0) is 19.5. The Labute approximate surface area is 170 Å². The van der Waals surface area contributed by atoms with Gasteiger partial charge in [0.2, 0.25) is 0 Å². The van der Waals surface area contributed by atoms with Crippen LogP contribution in [0.15, 0.2) is 27.8 Å². The van der Waals surface area contributed by atoms with Crippen molar-refractivity contribution in [1.29, 1.82) is 0 Å². The number of carbonyl (C=O) groups excluding carboxylic acids is 1. The SMILES string of the molecule is Cc1cc(N(C)C2CCCCC2)nc(SCc2ccc(C(=O)NC3CC3)o2)n1. The van der Waals surface area contributed by atoms with Gasteiger partial charge in [-0.2, -0.15) is 0 Å². The topological polar surface area (TPSA) is 71.3 Å². The minimum absolute atomic E-state index is 0.123. The molecule has 1 N–H and O–H groups in total. The second-order valence-corrected chi connectivity index (χ2v) is 8.80. The van der Waals surface area contributed by atoms with E-state index in [0.29, 0.717) is 23.6 Å². The number of aromatic nitrogens is 2. The molecule has 2 fully saturated rings. The number of anilines is 1. The zero-order valence-corrected chi connectivity index (χ0v) is 17.4. The summed E-state index contributed by atoms with van der Waals surface area (Å²) in [6.45, 7) is 2.01. The number of thioether (sulfide) groups is 1. The molecular formula is C21H28N4O2S. The van der Waals surface area contributed by atoms with Crippen LogP contribution >= 0.6 is 11.8 Å². The molecule has 0 unspecified atom stereocenters. The summed E-state index contributed by atoms with van der Waals surface area (Å²) in [5.41, 5.74) is 0.971. The number of furan rings is 1. The molecule has 6 nitrogen and oxygen atoms in total. The maximum Gasteiger partial charge on any atom is 0.287 e. The van der Waals surface area contributed by atoms with Crippen LogP contribution in [0.1, 0.15) is 67.0 Å². The molecule has 2 aromatic heterocycles. The van der Waals surface area contributed by atoms with Gasteiger partial charge in [0.05, 0.1) is 5.75 Å². The highest BCUT2D eigenvalue weighted by molar-refractivity contribution is 7.98. The van der Waals surface area contributed by atoms with Crippen molar-refractivity contribution in [3.8, 4) is 0 Å². The summed E-state index contributed by atoms with van der Waals surface area (Å²) >= 11 is 1.54. The van der Waals surface area contributed by atoms with Gasteiger partial charge in [-0.1, -0.05) is 31.0 Å². The van der Waals surface area contributed by atoms with Crippen molar-refractivity contribution in [2.24, 2.45) is 0 Å². The van der Waals surface area contributed by atoms with Gasteiger partial charge in [-0.25, -0.2) is 9.97 Å². The minimum Gasteiger partial charge on any atom is -0.455 e. The van der Waals surface area contributed by atoms with Gasteiger partial charge in [0.15, 0.2) is 10.9 Å². The van der Waals surface area contributed by atoms with Gasteiger partial charge in [0.25, 0.3) is 5.91 Å². The molecule has 0 bridgehead atoms. The third-order valence-electron chi connectivity index (χ3n) is 5.45. The minimum atomic E-state index is -0.123. The Balaban J connectivity index is 1.38. The van der Waals surface area contributed by atoms with Crippen LogP contribution in [0.25, 0.3) is 0 Å². The molecule has 2 aliphatic carbocycles. The lowest BCUT2D eigenvalue weighted by atomic mass is 9.94. The smallest absolute Gasteiger partial charge is 0.287 e. The fourth-order valence-corrected chi connectivity index (χ4v) is 4.42. The Morgan fingerprint density at radius 3 is 2.75 bits per heavy atom. The van der Waals surface area contributed by atoms with Crippen LogP contribution in [0.3, 0.4) is 0 Å². The van der Waals surface area contributed by atoms with Crippen LogP contribution in [0.5, 0.6) is 0 Å². The zero-order valence-electron chi connectivity index (χ0n) is 16.6. The second kappa shape index (κ2) is 8.55. The summed E-state index contributed by atoms with van der Waals surface area (Å²) in [6.07, 6.45) is 8.55. The maximum absolute atomic E-state index is 12.1. The lowest BCUT2D eigenvalue weighted by Crippen LogP contribution is -2.34. The average Bonchev–Trinajstić information content (AvgIpc) is 3.39. The predicted molar refractivity (Wildman–Crippen MR) is 111 cm³/mol. The Kier molecular flexibility index (Phi) is 5.90. The van der Waals surface area contributed by atoms with Gasteiger partial charge in [-0.3, -0.25) is 4.79 Å². The highest BCUT2D eigenvalue weighted by Crippen LogP contribution is 2.28. The molecule has 4 rings (SSSR count). The fourth-order valence-electron chi connectivity index (χ4n) is 3.62. The third-order valence-corrected chi connectivity index (χ3v) is 6.32. The van der Waals surface area contributed by atoms with Crippen molar-refractivity contribution < 1.29 is 9.21 Å². The monoisotopic (exact) mass is 400 g/mol. The van der Waals surface area contributed by atoms with E-state index < -0.39 is 0 Å². The van der Waals surface area contributed by atoms with E-state index in [1.807, 2.05) is 13.0 Å². The van der Waals surface area contributed by atoms with Crippen molar-refractivity contribution in [1.82, 2.24) is 15.3 Å². The van der Waals surface area contributed by atoms with Crippen LogP contribution < -0.4 is 10.2 Å². The molecule has 0 saturated heterocycles. The number of rotatable bonds is 7. The normalized spacial score (nSPS) is 17.5. The number of nitrogens with zero attached hydrogens (tertiary/aromatic N) is 3. The first kappa shape index (κ1) is 19.3. The molecule has 2 aromatic rings. The Bertz CT molecular complexity index is 828. The van der Waals surface area contributed by atoms with Crippen molar-refractivity contribution in [3.05, 3.63) is 35.4 Å². The molecule has 0 radical (unpaired) electrons. The van der Waals surface area contributed by atoms with Crippen molar-refractivity contribution in [3.63, 3.8) is 0 Å². The number of carbonyl (C=O) groups is 1. The molecule has 0 aromatic carbocycles. The van der Waals surface area contributed by atoms with E-state index >= 15 is 0 Å². The van der Waals surface area contributed by atoms with Gasteiger partial charge < -0.3 is 14.6 Å². The Morgan fingerprint density at radius 1 is 1.21 bits per heavy atom. The van der Waals surface area contributed by atoms with E-state index in [0.717, 1.165) is 35.3 Å². The largest absolute Gasteiger partial charge is 0.455 e. The van der Waals surface area contributed by atoms with Gasteiger partial charge >= 0.3 is 0 Å². The lowest BCUT2D eigenvalue weighted by molar-refractivity contribution is 0.0922. The first-order valence-corrected chi connectivity index (χ1v) is 11.2. The Morgan fingerprint density at radius 2 is 2.00 bits per heavy atom. The molecule has 0 aliphatic heterocycles. The summed E-state index contributed by atoms with van der Waals surface area (Å²) in [4.78, 5) is 23.7. The van der Waals surface area contributed by atoms with Gasteiger partial charge in [0, 0.05) is 30.9 Å². The molecule has 0 atom stereocenters. The second-order valence-electron chi connectivity index (χ2n) is 7.86. The number of nitrogens with one attached hydrogen (secondary N) is 1. The lowest BCUT2D eigenvalue weighted by Gasteiger charge is -2.32. The molecule has 2 heterocycles. The van der Waals surface area contributed by atoms with Crippen LogP contribution in [0.4, 0.5) is 5.82 Å². The summed E-state index contributed by atoms with van der Waals surface area (Å²) in [5.74, 6) is 2.61. The highest BCUT2D eigenvalue weighted by Gasteiger charge is 2.25. The number of hydrogen-bond acceptors (Lipinski definition) is 6. The van der Waals surface area contributed by atoms with E-state index in [9.17, 15) is 4.79 Å². The van der Waals surface area contributed by atoms with Crippen molar-refractivity contribution >= 4 is 23.5 Å². The van der Waals surface area contributed by atoms with Gasteiger partial charge in [0.1, 0.15) is 11.6 Å². The molecule has 1 amide bonds. The van der Waals surface area contributed by atoms with Gasteiger partial charge in [-0.05, 0) is 44.7 Å². The summed E-state index contributed by atoms with van der Waals surface area (Å²) in [5, 5.41) is 3.69. The molecular weight excluding hydrogens is 372 g/mol. The average molecular weight is 401 g/mol. The number of aryl methyl sites for hydroxylation is 1. The summed E-state index contributed by atoms with van der Waals surface area (Å²) < 4.78 is 5.70. The molecule has 150 valence electrons. The van der Waals surface area contributed by atoms with E-state index in [2.05, 4.69) is 28.3 Å². The van der Waals surface area contributed by atoms with Gasteiger partial charge in [-0.15, -0.1) is 0 Å².